The van der Waals surface area contributed by atoms with Crippen molar-refractivity contribution in [3.63, 3.8) is 0 Å². The Labute approximate surface area is 118 Å². The lowest BCUT2D eigenvalue weighted by atomic mass is 10.2. The van der Waals surface area contributed by atoms with Crippen molar-refractivity contribution in [3.8, 4) is 0 Å². The number of anilines is 1. The van der Waals surface area contributed by atoms with Crippen molar-refractivity contribution in [1.29, 1.82) is 0 Å². The number of nitro groups is 1. The van der Waals surface area contributed by atoms with Gasteiger partial charge in [0.1, 0.15) is 5.69 Å². The molecule has 0 bridgehead atoms. The van der Waals surface area contributed by atoms with E-state index >= 15 is 0 Å². The van der Waals surface area contributed by atoms with Gasteiger partial charge in [-0.3, -0.25) is 15.1 Å². The summed E-state index contributed by atoms with van der Waals surface area (Å²) in [6.45, 7) is 0.509. The minimum atomic E-state index is -0.381. The third kappa shape index (κ3) is 3.16. The molecule has 92 valence electrons. The summed E-state index contributed by atoms with van der Waals surface area (Å²) in [6.07, 6.45) is 3.42. The lowest BCUT2D eigenvalue weighted by Gasteiger charge is -2.07. The van der Waals surface area contributed by atoms with Gasteiger partial charge in [0, 0.05) is 28.6 Å². The van der Waals surface area contributed by atoms with Crippen LogP contribution >= 0.6 is 22.6 Å². The highest BCUT2D eigenvalue weighted by Gasteiger charge is 2.13. The van der Waals surface area contributed by atoms with E-state index in [-0.39, 0.29) is 10.6 Å². The number of nitrogens with one attached hydrogen (secondary N) is 1. The summed E-state index contributed by atoms with van der Waals surface area (Å²) < 4.78 is 0.839. The van der Waals surface area contributed by atoms with Crippen LogP contribution in [-0.2, 0) is 6.54 Å². The van der Waals surface area contributed by atoms with Gasteiger partial charge in [0.25, 0.3) is 5.69 Å². The lowest BCUT2D eigenvalue weighted by Crippen LogP contribution is -2.03. The Bertz CT molecular complexity index is 561. The highest BCUT2D eigenvalue weighted by Crippen LogP contribution is 2.26. The van der Waals surface area contributed by atoms with Crippen molar-refractivity contribution < 1.29 is 4.92 Å². The van der Waals surface area contributed by atoms with Gasteiger partial charge in [0.05, 0.1) is 4.92 Å². The van der Waals surface area contributed by atoms with Crippen molar-refractivity contribution in [2.24, 2.45) is 0 Å². The maximum Gasteiger partial charge on any atom is 0.293 e. The fraction of sp³-hybridized carbons (Fsp3) is 0.0833. The second-order valence-corrected chi connectivity index (χ2v) is 4.88. The molecule has 6 heteroatoms. The number of hydrogen-bond donors (Lipinski definition) is 1. The molecule has 0 unspecified atom stereocenters. The summed E-state index contributed by atoms with van der Waals surface area (Å²) in [5, 5.41) is 14.0. The van der Waals surface area contributed by atoms with Crippen molar-refractivity contribution in [1.82, 2.24) is 4.98 Å². The first-order valence-corrected chi connectivity index (χ1v) is 6.31. The van der Waals surface area contributed by atoms with Crippen LogP contribution in [0.25, 0.3) is 0 Å². The molecule has 18 heavy (non-hydrogen) atoms. The lowest BCUT2D eigenvalue weighted by molar-refractivity contribution is -0.384. The van der Waals surface area contributed by atoms with Crippen LogP contribution in [0.3, 0.4) is 0 Å². The van der Waals surface area contributed by atoms with Crippen LogP contribution in [0.2, 0.25) is 0 Å². The Balaban J connectivity index is 2.17. The van der Waals surface area contributed by atoms with Crippen molar-refractivity contribution in [2.75, 3.05) is 5.32 Å². The molecule has 0 saturated carbocycles. The van der Waals surface area contributed by atoms with Crippen LogP contribution in [0.4, 0.5) is 11.4 Å². The van der Waals surface area contributed by atoms with Crippen molar-refractivity contribution in [2.45, 2.75) is 6.54 Å². The Hall–Kier alpha value is -1.70. The Kier molecular flexibility index (Phi) is 4.08. The maximum absolute atomic E-state index is 10.9. The fourth-order valence-electron chi connectivity index (χ4n) is 1.51. The van der Waals surface area contributed by atoms with E-state index < -0.39 is 0 Å². The van der Waals surface area contributed by atoms with Crippen LogP contribution in [0.5, 0.6) is 0 Å². The molecular formula is C12H10IN3O2. The predicted octanol–water partition coefficient (Wildman–Crippen LogP) is 3.21. The molecule has 1 N–H and O–H groups in total. The van der Waals surface area contributed by atoms with Gasteiger partial charge in [-0.15, -0.1) is 0 Å². The number of pyridine rings is 1. The number of hydrogen-bond acceptors (Lipinski definition) is 4. The number of halogens is 1. The van der Waals surface area contributed by atoms with Gasteiger partial charge in [-0.25, -0.2) is 0 Å². The van der Waals surface area contributed by atoms with Crippen molar-refractivity contribution >= 4 is 34.0 Å². The highest BCUT2D eigenvalue weighted by atomic mass is 127. The molecule has 0 aliphatic heterocycles. The van der Waals surface area contributed by atoms with Gasteiger partial charge < -0.3 is 5.32 Å². The van der Waals surface area contributed by atoms with Crippen LogP contribution in [0.1, 0.15) is 5.56 Å². The molecule has 1 heterocycles. The quantitative estimate of drug-likeness (QED) is 0.520. The first-order valence-electron chi connectivity index (χ1n) is 5.23. The van der Waals surface area contributed by atoms with E-state index in [0.29, 0.717) is 12.2 Å². The van der Waals surface area contributed by atoms with Crippen LogP contribution in [0, 0.1) is 13.7 Å². The normalized spacial score (nSPS) is 10.1. The Morgan fingerprint density at radius 3 is 2.89 bits per heavy atom. The second-order valence-electron chi connectivity index (χ2n) is 3.63. The monoisotopic (exact) mass is 355 g/mol. The number of benzene rings is 1. The summed E-state index contributed by atoms with van der Waals surface area (Å²) in [6, 6.07) is 8.85. The molecule has 0 aliphatic rings. The van der Waals surface area contributed by atoms with Crippen molar-refractivity contribution in [3.05, 3.63) is 62.0 Å². The number of aromatic nitrogens is 1. The van der Waals surface area contributed by atoms with Crippen LogP contribution in [-0.4, -0.2) is 9.91 Å². The van der Waals surface area contributed by atoms with E-state index in [1.807, 2.05) is 18.2 Å². The van der Waals surface area contributed by atoms with Gasteiger partial charge in [-0.05, 0) is 46.4 Å². The molecule has 0 fully saturated rings. The molecule has 0 radical (unpaired) electrons. The standard InChI is InChI=1S/C12H10IN3O2/c13-10-3-4-11(12(6-10)16(17)18)15-8-9-2-1-5-14-7-9/h1-7,15H,8H2. The number of rotatable bonds is 4. The van der Waals surface area contributed by atoms with Gasteiger partial charge in [-0.2, -0.15) is 0 Å². The summed E-state index contributed by atoms with van der Waals surface area (Å²) in [7, 11) is 0. The Morgan fingerprint density at radius 2 is 2.22 bits per heavy atom. The highest BCUT2D eigenvalue weighted by molar-refractivity contribution is 14.1. The molecule has 1 aromatic heterocycles. The summed E-state index contributed by atoms with van der Waals surface area (Å²) in [4.78, 5) is 14.5. The third-order valence-corrected chi connectivity index (χ3v) is 3.03. The molecule has 1 aromatic carbocycles. The van der Waals surface area contributed by atoms with Gasteiger partial charge in [0.2, 0.25) is 0 Å². The molecule has 5 nitrogen and oxygen atoms in total. The number of nitro benzene ring substituents is 1. The molecule has 0 atom stereocenters. The average molecular weight is 355 g/mol. The third-order valence-electron chi connectivity index (χ3n) is 2.36. The summed E-state index contributed by atoms with van der Waals surface area (Å²) >= 11 is 2.05. The van der Waals surface area contributed by atoms with E-state index in [0.717, 1.165) is 9.13 Å². The van der Waals surface area contributed by atoms with E-state index in [9.17, 15) is 10.1 Å². The minimum absolute atomic E-state index is 0.0887. The molecule has 2 aromatic rings. The first kappa shape index (κ1) is 12.7. The predicted molar refractivity (Wildman–Crippen MR) is 77.4 cm³/mol. The van der Waals surface area contributed by atoms with Crippen LogP contribution < -0.4 is 5.32 Å². The topological polar surface area (TPSA) is 68.1 Å². The first-order chi connectivity index (χ1) is 8.66. The van der Waals surface area contributed by atoms with E-state index in [4.69, 9.17) is 0 Å². The zero-order chi connectivity index (χ0) is 13.0. The average Bonchev–Trinajstić information content (AvgIpc) is 2.38. The van der Waals surface area contributed by atoms with Gasteiger partial charge >= 0.3 is 0 Å². The largest absolute Gasteiger partial charge is 0.375 e. The zero-order valence-corrected chi connectivity index (χ0v) is 11.5. The minimum Gasteiger partial charge on any atom is -0.375 e. The van der Waals surface area contributed by atoms with Gasteiger partial charge in [-0.1, -0.05) is 6.07 Å². The molecular weight excluding hydrogens is 345 g/mol. The van der Waals surface area contributed by atoms with E-state index in [2.05, 4.69) is 32.9 Å². The smallest absolute Gasteiger partial charge is 0.293 e. The Morgan fingerprint density at radius 1 is 1.39 bits per heavy atom. The SMILES string of the molecule is O=[N+]([O-])c1cc(I)ccc1NCc1cccnc1. The molecule has 2 rings (SSSR count). The second kappa shape index (κ2) is 5.76. The van der Waals surface area contributed by atoms with Crippen LogP contribution in [0.15, 0.2) is 42.7 Å². The van der Waals surface area contributed by atoms with E-state index in [1.165, 1.54) is 0 Å². The van der Waals surface area contributed by atoms with E-state index in [1.54, 1.807) is 24.5 Å². The molecule has 0 amide bonds. The molecule has 0 saturated heterocycles. The van der Waals surface area contributed by atoms with Gasteiger partial charge in [0.15, 0.2) is 0 Å². The molecule has 0 spiro atoms. The number of nitrogens with zero attached hydrogens (tertiary/aromatic N) is 2. The fourth-order valence-corrected chi connectivity index (χ4v) is 1.98. The zero-order valence-electron chi connectivity index (χ0n) is 9.34. The summed E-state index contributed by atoms with van der Waals surface area (Å²) in [5.41, 5.74) is 1.58. The molecule has 0 aliphatic carbocycles. The maximum atomic E-state index is 10.9. The summed E-state index contributed by atoms with van der Waals surface area (Å²) in [5.74, 6) is 0.